The third-order valence-corrected chi connectivity index (χ3v) is 5.08. The minimum absolute atomic E-state index is 0.137. The molecule has 0 spiro atoms. The van der Waals surface area contributed by atoms with Crippen LogP contribution in [0.5, 0.6) is 0 Å². The van der Waals surface area contributed by atoms with Crippen LogP contribution in [-0.4, -0.2) is 48.7 Å². The van der Waals surface area contributed by atoms with Crippen molar-refractivity contribution in [2.45, 2.75) is 25.7 Å². The average Bonchev–Trinajstić information content (AvgIpc) is 3.15. The van der Waals surface area contributed by atoms with Gasteiger partial charge in [-0.3, -0.25) is 4.79 Å². The smallest absolute Gasteiger partial charge is 0.226 e. The Labute approximate surface area is 153 Å². The highest BCUT2D eigenvalue weighted by Gasteiger charge is 2.23. The third-order valence-electron chi connectivity index (χ3n) is 5.08. The fourth-order valence-electron chi connectivity index (χ4n) is 3.48. The van der Waals surface area contributed by atoms with Gasteiger partial charge in [-0.1, -0.05) is 31.2 Å². The van der Waals surface area contributed by atoms with Gasteiger partial charge in [0.2, 0.25) is 11.9 Å². The van der Waals surface area contributed by atoms with Gasteiger partial charge in [0.25, 0.3) is 0 Å². The largest absolute Gasteiger partial charge is 0.378 e. The number of ether oxygens (including phenoxy) is 1. The summed E-state index contributed by atoms with van der Waals surface area (Å²) in [6.45, 7) is 5.94. The van der Waals surface area contributed by atoms with Crippen molar-refractivity contribution in [3.05, 3.63) is 41.6 Å². The van der Waals surface area contributed by atoms with Crippen molar-refractivity contribution in [1.29, 1.82) is 0 Å². The molecule has 1 atom stereocenters. The molecule has 2 fully saturated rings. The molecule has 6 nitrogen and oxygen atoms in total. The molecular formula is C20H24N4O2. The molecule has 3 heterocycles. The first kappa shape index (κ1) is 17.0. The van der Waals surface area contributed by atoms with Crippen molar-refractivity contribution in [2.24, 2.45) is 0 Å². The number of amides is 1. The predicted molar refractivity (Wildman–Crippen MR) is 100 cm³/mol. The van der Waals surface area contributed by atoms with E-state index < -0.39 is 0 Å². The van der Waals surface area contributed by atoms with Crippen LogP contribution in [0.15, 0.2) is 30.3 Å². The molecular weight excluding hydrogens is 328 g/mol. The maximum Gasteiger partial charge on any atom is 0.226 e. The summed E-state index contributed by atoms with van der Waals surface area (Å²) in [4.78, 5) is 23.1. The van der Waals surface area contributed by atoms with E-state index in [1.807, 2.05) is 0 Å². The number of aromatic nitrogens is 2. The fraction of sp³-hybridized carbons (Fsp3) is 0.450. The number of carbonyl (C=O) groups excluding carboxylic acids is 1. The van der Waals surface area contributed by atoms with Gasteiger partial charge in [-0.05, 0) is 18.1 Å². The molecule has 4 rings (SSSR count). The molecule has 6 heteroatoms. The van der Waals surface area contributed by atoms with Gasteiger partial charge in [0.15, 0.2) is 0 Å². The molecule has 26 heavy (non-hydrogen) atoms. The second kappa shape index (κ2) is 7.41. The summed E-state index contributed by atoms with van der Waals surface area (Å²) < 4.78 is 5.44. The lowest BCUT2D eigenvalue weighted by Gasteiger charge is -2.27. The Balaban J connectivity index is 1.60. The summed E-state index contributed by atoms with van der Waals surface area (Å²) in [5.41, 5.74) is 4.28. The van der Waals surface area contributed by atoms with E-state index in [-0.39, 0.29) is 11.8 Å². The molecule has 1 amide bonds. The molecule has 2 aromatic rings. The lowest BCUT2D eigenvalue weighted by atomic mass is 9.96. The van der Waals surface area contributed by atoms with Gasteiger partial charge >= 0.3 is 0 Å². The highest BCUT2D eigenvalue weighted by atomic mass is 16.5. The third kappa shape index (κ3) is 3.55. The molecule has 0 saturated carbocycles. The van der Waals surface area contributed by atoms with Crippen LogP contribution in [0.25, 0.3) is 11.3 Å². The Kier molecular flexibility index (Phi) is 4.84. The molecule has 2 aliphatic rings. The minimum atomic E-state index is 0.137. The number of benzene rings is 1. The molecule has 1 aromatic carbocycles. The van der Waals surface area contributed by atoms with E-state index >= 15 is 0 Å². The Morgan fingerprint density at radius 2 is 1.96 bits per heavy atom. The standard InChI is InChI=1S/C20H24N4O2/c1-2-17-12-18(23-20(22-17)24-7-9-26-10-8-24)15-5-3-14(4-6-15)16-11-19(25)21-13-16/h3-6,12,16H,2,7-11,13H2,1H3,(H,21,25). The number of rotatable bonds is 4. The SMILES string of the molecule is CCc1cc(-c2ccc(C3CNC(=O)C3)cc2)nc(N2CCOCC2)n1. The first-order chi connectivity index (χ1) is 12.7. The molecule has 1 N–H and O–H groups in total. The van der Waals surface area contributed by atoms with E-state index in [0.29, 0.717) is 6.42 Å². The van der Waals surface area contributed by atoms with E-state index in [4.69, 9.17) is 14.7 Å². The van der Waals surface area contributed by atoms with Gasteiger partial charge in [0.1, 0.15) is 0 Å². The second-order valence-electron chi connectivity index (χ2n) is 6.82. The van der Waals surface area contributed by atoms with E-state index in [9.17, 15) is 4.79 Å². The first-order valence-electron chi connectivity index (χ1n) is 9.30. The Hall–Kier alpha value is -2.47. The molecule has 136 valence electrons. The van der Waals surface area contributed by atoms with Gasteiger partial charge in [-0.25, -0.2) is 9.97 Å². The Morgan fingerprint density at radius 1 is 1.19 bits per heavy atom. The fourth-order valence-corrected chi connectivity index (χ4v) is 3.48. The van der Waals surface area contributed by atoms with Crippen LogP contribution >= 0.6 is 0 Å². The van der Waals surface area contributed by atoms with Crippen LogP contribution in [0, 0.1) is 0 Å². The normalized spacial score (nSPS) is 20.3. The van der Waals surface area contributed by atoms with E-state index in [1.54, 1.807) is 0 Å². The molecule has 1 unspecified atom stereocenters. The van der Waals surface area contributed by atoms with Gasteiger partial charge in [0, 0.05) is 43.2 Å². The van der Waals surface area contributed by atoms with Gasteiger partial charge in [-0.15, -0.1) is 0 Å². The number of hydrogen-bond donors (Lipinski definition) is 1. The number of anilines is 1. The molecule has 0 aliphatic carbocycles. The highest BCUT2D eigenvalue weighted by molar-refractivity contribution is 5.79. The van der Waals surface area contributed by atoms with E-state index in [0.717, 1.165) is 62.2 Å². The van der Waals surface area contributed by atoms with Crippen LogP contribution in [0.3, 0.4) is 0 Å². The van der Waals surface area contributed by atoms with Crippen molar-refractivity contribution in [2.75, 3.05) is 37.7 Å². The van der Waals surface area contributed by atoms with Crippen molar-refractivity contribution in [1.82, 2.24) is 15.3 Å². The summed E-state index contributed by atoms with van der Waals surface area (Å²) in [7, 11) is 0. The monoisotopic (exact) mass is 352 g/mol. The number of morpholine rings is 1. The van der Waals surface area contributed by atoms with Gasteiger partial charge in [0.05, 0.1) is 18.9 Å². The van der Waals surface area contributed by atoms with E-state index in [2.05, 4.69) is 47.5 Å². The maximum atomic E-state index is 11.4. The Morgan fingerprint density at radius 3 is 2.62 bits per heavy atom. The zero-order valence-electron chi connectivity index (χ0n) is 15.1. The van der Waals surface area contributed by atoms with Crippen molar-refractivity contribution < 1.29 is 9.53 Å². The van der Waals surface area contributed by atoms with Crippen LogP contribution in [0.2, 0.25) is 0 Å². The molecule has 2 saturated heterocycles. The maximum absolute atomic E-state index is 11.4. The lowest BCUT2D eigenvalue weighted by Crippen LogP contribution is -2.37. The lowest BCUT2D eigenvalue weighted by molar-refractivity contribution is -0.119. The molecule has 0 bridgehead atoms. The molecule has 1 aromatic heterocycles. The highest BCUT2D eigenvalue weighted by Crippen LogP contribution is 2.27. The zero-order chi connectivity index (χ0) is 17.9. The predicted octanol–water partition coefficient (Wildman–Crippen LogP) is 2.15. The summed E-state index contributed by atoms with van der Waals surface area (Å²) in [5, 5.41) is 2.90. The number of hydrogen-bond acceptors (Lipinski definition) is 5. The number of aryl methyl sites for hydroxylation is 1. The van der Waals surface area contributed by atoms with Crippen molar-refractivity contribution >= 4 is 11.9 Å². The summed E-state index contributed by atoms with van der Waals surface area (Å²) in [6, 6.07) is 10.5. The van der Waals surface area contributed by atoms with Crippen molar-refractivity contribution in [3.8, 4) is 11.3 Å². The first-order valence-corrected chi connectivity index (χ1v) is 9.30. The zero-order valence-corrected chi connectivity index (χ0v) is 15.1. The quantitative estimate of drug-likeness (QED) is 0.913. The number of nitrogens with one attached hydrogen (secondary N) is 1. The van der Waals surface area contributed by atoms with Crippen LogP contribution in [0.4, 0.5) is 5.95 Å². The summed E-state index contributed by atoms with van der Waals surface area (Å²) >= 11 is 0. The minimum Gasteiger partial charge on any atom is -0.378 e. The van der Waals surface area contributed by atoms with Crippen LogP contribution < -0.4 is 10.2 Å². The number of carbonyl (C=O) groups is 1. The van der Waals surface area contributed by atoms with Crippen LogP contribution in [-0.2, 0) is 16.0 Å². The van der Waals surface area contributed by atoms with Crippen LogP contribution in [0.1, 0.15) is 30.5 Å². The second-order valence-corrected chi connectivity index (χ2v) is 6.82. The molecule has 0 radical (unpaired) electrons. The van der Waals surface area contributed by atoms with Gasteiger partial charge < -0.3 is 15.0 Å². The molecule has 2 aliphatic heterocycles. The Bertz CT molecular complexity index is 785. The topological polar surface area (TPSA) is 67.4 Å². The summed E-state index contributed by atoms with van der Waals surface area (Å²) in [6.07, 6.45) is 1.45. The van der Waals surface area contributed by atoms with Gasteiger partial charge in [-0.2, -0.15) is 0 Å². The number of nitrogens with zero attached hydrogens (tertiary/aromatic N) is 3. The summed E-state index contributed by atoms with van der Waals surface area (Å²) in [5.74, 6) is 1.20. The average molecular weight is 352 g/mol. The van der Waals surface area contributed by atoms with E-state index in [1.165, 1.54) is 5.56 Å². The van der Waals surface area contributed by atoms with Crippen molar-refractivity contribution in [3.63, 3.8) is 0 Å².